The van der Waals surface area contributed by atoms with Gasteiger partial charge in [0.15, 0.2) is 5.82 Å². The Balaban J connectivity index is 1.95. The molecule has 0 atom stereocenters. The summed E-state index contributed by atoms with van der Waals surface area (Å²) in [6.45, 7) is 6.16. The molecule has 3 rings (SSSR count). The molecule has 0 spiro atoms. The number of piperidine rings is 1. The number of likely N-dealkylation sites (tertiary alicyclic amines) is 1. The van der Waals surface area contributed by atoms with E-state index in [9.17, 15) is 4.79 Å². The van der Waals surface area contributed by atoms with Gasteiger partial charge in [-0.2, -0.15) is 0 Å². The molecule has 2 heterocycles. The summed E-state index contributed by atoms with van der Waals surface area (Å²) in [5, 5.41) is 2.84. The lowest BCUT2D eigenvalue weighted by Crippen LogP contribution is -2.43. The molecule has 1 amide bonds. The van der Waals surface area contributed by atoms with Crippen LogP contribution in [0.15, 0.2) is 49.2 Å². The van der Waals surface area contributed by atoms with Crippen molar-refractivity contribution in [1.82, 2.24) is 20.2 Å². The van der Waals surface area contributed by atoms with Gasteiger partial charge in [-0.1, -0.05) is 36.4 Å². The molecule has 0 bridgehead atoms. The van der Waals surface area contributed by atoms with Crippen LogP contribution >= 0.6 is 0 Å². The topological polar surface area (TPSA) is 61.4 Å². The number of amides is 1. The highest BCUT2D eigenvalue weighted by Crippen LogP contribution is 2.26. The number of hydrogen-bond acceptors (Lipinski definition) is 5. The molecule has 1 fully saturated rings. The van der Waals surface area contributed by atoms with Gasteiger partial charge >= 0.3 is 0 Å². The van der Waals surface area contributed by atoms with Crippen LogP contribution in [-0.4, -0.2) is 60.5 Å². The fourth-order valence-electron chi connectivity index (χ4n) is 3.34. The zero-order chi connectivity index (χ0) is 19.2. The largest absolute Gasteiger partial charge is 0.356 e. The van der Waals surface area contributed by atoms with Crippen molar-refractivity contribution in [3.05, 3.63) is 54.7 Å². The first-order valence-corrected chi connectivity index (χ1v) is 9.33. The Morgan fingerprint density at radius 1 is 1.33 bits per heavy atom. The summed E-state index contributed by atoms with van der Waals surface area (Å²) in [4.78, 5) is 26.3. The molecule has 6 heteroatoms. The van der Waals surface area contributed by atoms with E-state index in [1.165, 1.54) is 0 Å². The van der Waals surface area contributed by atoms with Crippen molar-refractivity contribution in [3.8, 4) is 11.4 Å². The molecule has 0 radical (unpaired) electrons. The van der Waals surface area contributed by atoms with E-state index in [0.717, 1.165) is 31.5 Å². The number of carbonyl (C=O) groups is 1. The summed E-state index contributed by atoms with van der Waals surface area (Å²) >= 11 is 0. The van der Waals surface area contributed by atoms with Crippen molar-refractivity contribution in [3.63, 3.8) is 0 Å². The van der Waals surface area contributed by atoms with Gasteiger partial charge < -0.3 is 15.1 Å². The number of rotatable bonds is 6. The highest BCUT2D eigenvalue weighted by atomic mass is 16.1. The second kappa shape index (κ2) is 8.77. The van der Waals surface area contributed by atoms with Crippen LogP contribution in [0.4, 0.5) is 5.82 Å². The van der Waals surface area contributed by atoms with Gasteiger partial charge in [-0.25, -0.2) is 9.97 Å². The van der Waals surface area contributed by atoms with Crippen molar-refractivity contribution in [2.24, 2.45) is 0 Å². The van der Waals surface area contributed by atoms with Crippen LogP contribution in [0.2, 0.25) is 0 Å². The average molecular weight is 365 g/mol. The predicted molar refractivity (Wildman–Crippen MR) is 109 cm³/mol. The fraction of sp³-hybridized carbons (Fsp3) is 0.381. The van der Waals surface area contributed by atoms with E-state index in [0.29, 0.717) is 29.8 Å². The number of anilines is 1. The minimum Gasteiger partial charge on any atom is -0.356 e. The Kier molecular flexibility index (Phi) is 6.19. The molecule has 0 unspecified atom stereocenters. The molecule has 2 aromatic rings. The molecule has 1 N–H and O–H groups in total. The molecule has 1 aromatic heterocycles. The first-order chi connectivity index (χ1) is 13.1. The van der Waals surface area contributed by atoms with E-state index in [4.69, 9.17) is 4.98 Å². The van der Waals surface area contributed by atoms with E-state index in [1.807, 2.05) is 37.4 Å². The van der Waals surface area contributed by atoms with Crippen molar-refractivity contribution in [2.45, 2.75) is 18.9 Å². The van der Waals surface area contributed by atoms with Gasteiger partial charge in [-0.3, -0.25) is 4.79 Å². The predicted octanol–water partition coefficient (Wildman–Crippen LogP) is 2.59. The first kappa shape index (κ1) is 19.0. The standard InChI is InChI=1S/C21H27N5O/c1-4-12-22-21(27)18-15-23-19(16-8-6-5-7-9-16)24-20(18)26(3)17-10-13-25(2)14-11-17/h4-9,15,17H,1,10-14H2,2-3H3,(H,22,27). The fourth-order valence-corrected chi connectivity index (χ4v) is 3.34. The van der Waals surface area contributed by atoms with Crippen molar-refractivity contribution in [2.75, 3.05) is 38.6 Å². The smallest absolute Gasteiger partial charge is 0.256 e. The number of aromatic nitrogens is 2. The van der Waals surface area contributed by atoms with Crippen LogP contribution in [0.3, 0.4) is 0 Å². The van der Waals surface area contributed by atoms with Crippen LogP contribution in [0, 0.1) is 0 Å². The third kappa shape index (κ3) is 4.52. The zero-order valence-electron chi connectivity index (χ0n) is 16.1. The van der Waals surface area contributed by atoms with E-state index in [-0.39, 0.29) is 5.91 Å². The Bertz CT molecular complexity index is 784. The maximum Gasteiger partial charge on any atom is 0.256 e. The van der Waals surface area contributed by atoms with Crippen LogP contribution < -0.4 is 10.2 Å². The molecule has 0 saturated carbocycles. The minimum absolute atomic E-state index is 0.177. The highest BCUT2D eigenvalue weighted by Gasteiger charge is 2.26. The summed E-state index contributed by atoms with van der Waals surface area (Å²) in [5.41, 5.74) is 1.44. The molecule has 6 nitrogen and oxygen atoms in total. The minimum atomic E-state index is -0.177. The maximum absolute atomic E-state index is 12.6. The normalized spacial score (nSPS) is 15.3. The van der Waals surface area contributed by atoms with Gasteiger partial charge in [-0.05, 0) is 33.0 Å². The van der Waals surface area contributed by atoms with E-state index in [2.05, 4.69) is 33.7 Å². The van der Waals surface area contributed by atoms with E-state index in [1.54, 1.807) is 12.3 Å². The molecule has 1 saturated heterocycles. The Hall–Kier alpha value is -2.73. The van der Waals surface area contributed by atoms with Gasteiger partial charge in [0.25, 0.3) is 5.91 Å². The first-order valence-electron chi connectivity index (χ1n) is 9.33. The number of nitrogens with one attached hydrogen (secondary N) is 1. The van der Waals surface area contributed by atoms with E-state index >= 15 is 0 Å². The summed E-state index contributed by atoms with van der Waals surface area (Å²) < 4.78 is 0. The number of benzene rings is 1. The van der Waals surface area contributed by atoms with Crippen molar-refractivity contribution >= 4 is 11.7 Å². The highest BCUT2D eigenvalue weighted by molar-refractivity contribution is 5.99. The molecule has 0 aliphatic carbocycles. The molecule has 1 aliphatic heterocycles. The van der Waals surface area contributed by atoms with Crippen LogP contribution in [0.5, 0.6) is 0 Å². The van der Waals surface area contributed by atoms with Gasteiger partial charge in [0.2, 0.25) is 0 Å². The average Bonchev–Trinajstić information content (AvgIpc) is 2.72. The Morgan fingerprint density at radius 2 is 2.04 bits per heavy atom. The zero-order valence-corrected chi connectivity index (χ0v) is 16.1. The van der Waals surface area contributed by atoms with Crippen molar-refractivity contribution in [1.29, 1.82) is 0 Å². The van der Waals surface area contributed by atoms with Gasteiger partial charge in [-0.15, -0.1) is 6.58 Å². The lowest BCUT2D eigenvalue weighted by Gasteiger charge is -2.36. The summed E-state index contributed by atoms with van der Waals surface area (Å²) in [7, 11) is 4.17. The van der Waals surface area contributed by atoms with Crippen LogP contribution in [0.1, 0.15) is 23.2 Å². The summed E-state index contributed by atoms with van der Waals surface area (Å²) in [5.74, 6) is 1.13. The quantitative estimate of drug-likeness (QED) is 0.798. The molecule has 1 aliphatic rings. The third-order valence-corrected chi connectivity index (χ3v) is 5.02. The third-order valence-electron chi connectivity index (χ3n) is 5.02. The molecular formula is C21H27N5O. The van der Waals surface area contributed by atoms with E-state index < -0.39 is 0 Å². The SMILES string of the molecule is C=CCNC(=O)c1cnc(-c2ccccc2)nc1N(C)C1CCN(C)CC1. The van der Waals surface area contributed by atoms with Gasteiger partial charge in [0, 0.05) is 31.4 Å². The van der Waals surface area contributed by atoms with Crippen LogP contribution in [0.25, 0.3) is 11.4 Å². The number of carbonyl (C=O) groups excluding carboxylic acids is 1. The molecule has 142 valence electrons. The number of hydrogen-bond donors (Lipinski definition) is 1. The number of nitrogens with zero attached hydrogens (tertiary/aromatic N) is 4. The maximum atomic E-state index is 12.6. The lowest BCUT2D eigenvalue weighted by molar-refractivity contribution is 0.0957. The van der Waals surface area contributed by atoms with Crippen LogP contribution in [-0.2, 0) is 0 Å². The lowest BCUT2D eigenvalue weighted by atomic mass is 10.0. The van der Waals surface area contributed by atoms with Gasteiger partial charge in [0.05, 0.1) is 0 Å². The second-order valence-electron chi connectivity index (χ2n) is 6.94. The second-order valence-corrected chi connectivity index (χ2v) is 6.94. The molecule has 27 heavy (non-hydrogen) atoms. The van der Waals surface area contributed by atoms with Gasteiger partial charge in [0.1, 0.15) is 11.4 Å². The Morgan fingerprint density at radius 3 is 2.70 bits per heavy atom. The van der Waals surface area contributed by atoms with Crippen molar-refractivity contribution < 1.29 is 4.79 Å². The Labute approximate surface area is 160 Å². The monoisotopic (exact) mass is 365 g/mol. The molecule has 1 aromatic carbocycles. The summed E-state index contributed by atoms with van der Waals surface area (Å²) in [6, 6.07) is 10.2. The summed E-state index contributed by atoms with van der Waals surface area (Å²) in [6.07, 6.45) is 5.39. The molecular weight excluding hydrogens is 338 g/mol.